The summed E-state index contributed by atoms with van der Waals surface area (Å²) in [6, 6.07) is 9.99. The normalized spacial score (nSPS) is 18.1. The van der Waals surface area contributed by atoms with Crippen LogP contribution in [0.4, 0.5) is 4.39 Å². The highest BCUT2D eigenvalue weighted by Gasteiger charge is 2.26. The third-order valence-corrected chi connectivity index (χ3v) is 4.58. The first kappa shape index (κ1) is 17.4. The fourth-order valence-corrected chi connectivity index (χ4v) is 3.25. The van der Waals surface area contributed by atoms with Gasteiger partial charge in [-0.3, -0.25) is 14.5 Å². The molecule has 0 bridgehead atoms. The number of carbonyl (C=O) groups is 2. The maximum absolute atomic E-state index is 13.8. The van der Waals surface area contributed by atoms with Crippen LogP contribution in [0, 0.1) is 5.82 Å². The molecule has 2 heterocycles. The van der Waals surface area contributed by atoms with E-state index in [1.54, 1.807) is 42.1 Å². The lowest BCUT2D eigenvalue weighted by atomic mass is 10.0. The first-order valence-corrected chi connectivity index (χ1v) is 8.47. The number of carbonyl (C=O) groups excluding carboxylic acids is 2. The van der Waals surface area contributed by atoms with Crippen LogP contribution in [-0.4, -0.2) is 40.3 Å². The van der Waals surface area contributed by atoms with Crippen molar-refractivity contribution in [3.63, 3.8) is 0 Å². The molecule has 0 saturated carbocycles. The predicted molar refractivity (Wildman–Crippen MR) is 92.6 cm³/mol. The molecular weight excluding hydrogens is 321 g/mol. The Morgan fingerprint density at radius 3 is 2.76 bits per heavy atom. The summed E-state index contributed by atoms with van der Waals surface area (Å²) in [6.07, 6.45) is 3.45. The highest BCUT2D eigenvalue weighted by atomic mass is 19.1. The Morgan fingerprint density at radius 1 is 1.24 bits per heavy atom. The molecule has 0 aliphatic carbocycles. The third kappa shape index (κ3) is 4.14. The first-order valence-electron chi connectivity index (χ1n) is 8.47. The molecule has 1 atom stereocenters. The van der Waals surface area contributed by atoms with Crippen LogP contribution in [0.5, 0.6) is 0 Å². The smallest absolute Gasteiger partial charge is 0.294 e. The van der Waals surface area contributed by atoms with Crippen LogP contribution in [0.1, 0.15) is 28.9 Å². The molecule has 132 valence electrons. The minimum Gasteiger partial charge on any atom is -0.348 e. The second-order valence-electron chi connectivity index (χ2n) is 6.47. The topological polar surface area (TPSA) is 54.3 Å². The van der Waals surface area contributed by atoms with Crippen molar-refractivity contribution in [1.29, 1.82) is 0 Å². The average Bonchev–Trinajstić information content (AvgIpc) is 3.02. The van der Waals surface area contributed by atoms with Crippen molar-refractivity contribution in [2.75, 3.05) is 13.1 Å². The van der Waals surface area contributed by atoms with E-state index in [0.717, 1.165) is 19.4 Å². The molecule has 1 aliphatic rings. The molecule has 1 fully saturated rings. The number of hydrogen-bond donors (Lipinski definition) is 1. The number of rotatable bonds is 5. The zero-order valence-electron chi connectivity index (χ0n) is 14.2. The number of ketones is 1. The second kappa shape index (κ2) is 7.61. The summed E-state index contributed by atoms with van der Waals surface area (Å²) in [6.45, 7) is 1.97. The van der Waals surface area contributed by atoms with E-state index in [4.69, 9.17) is 0 Å². The average molecular weight is 343 g/mol. The van der Waals surface area contributed by atoms with Crippen molar-refractivity contribution in [2.24, 2.45) is 7.05 Å². The molecule has 2 aromatic rings. The molecule has 1 N–H and O–H groups in total. The summed E-state index contributed by atoms with van der Waals surface area (Å²) in [7, 11) is 1.73. The number of hydrogen-bond acceptors (Lipinski definition) is 3. The number of benzene rings is 1. The van der Waals surface area contributed by atoms with Crippen LogP contribution in [0.3, 0.4) is 0 Å². The fourth-order valence-electron chi connectivity index (χ4n) is 3.25. The minimum atomic E-state index is -0.584. The van der Waals surface area contributed by atoms with Gasteiger partial charge < -0.3 is 9.88 Å². The van der Waals surface area contributed by atoms with E-state index in [-0.39, 0.29) is 11.9 Å². The van der Waals surface area contributed by atoms with Gasteiger partial charge in [-0.25, -0.2) is 4.39 Å². The Morgan fingerprint density at radius 2 is 2.04 bits per heavy atom. The molecule has 1 amide bonds. The van der Waals surface area contributed by atoms with Gasteiger partial charge in [0, 0.05) is 37.9 Å². The Hall–Kier alpha value is -2.47. The van der Waals surface area contributed by atoms with Gasteiger partial charge in [-0.05, 0) is 37.6 Å². The molecule has 0 radical (unpaired) electrons. The summed E-state index contributed by atoms with van der Waals surface area (Å²) < 4.78 is 15.4. The molecule has 25 heavy (non-hydrogen) atoms. The zero-order chi connectivity index (χ0) is 17.8. The summed E-state index contributed by atoms with van der Waals surface area (Å²) in [4.78, 5) is 26.6. The SMILES string of the molecule is Cn1cccc1C(=O)C(=O)N[C@H]1CCCN(Cc2ccccc2F)C1. The number of Topliss-reactive ketones (excluding diaryl/α,β-unsaturated/α-hetero) is 1. The standard InChI is InChI=1S/C19H22FN3O2/c1-22-10-5-9-17(22)18(24)19(25)21-15-7-4-11-23(13-15)12-14-6-2-3-8-16(14)20/h2-3,5-6,8-10,15H,4,7,11-13H2,1H3,(H,21,25)/t15-/m0/s1. The predicted octanol–water partition coefficient (Wildman–Crippen LogP) is 2.13. The Balaban J connectivity index is 1.58. The van der Waals surface area contributed by atoms with E-state index in [9.17, 15) is 14.0 Å². The number of halogens is 1. The monoisotopic (exact) mass is 343 g/mol. The highest BCUT2D eigenvalue weighted by molar-refractivity contribution is 6.42. The molecule has 1 aliphatic heterocycles. The number of aryl methyl sites for hydroxylation is 1. The van der Waals surface area contributed by atoms with Crippen LogP contribution in [0.15, 0.2) is 42.6 Å². The van der Waals surface area contributed by atoms with E-state index in [1.807, 2.05) is 6.07 Å². The van der Waals surface area contributed by atoms with Crippen LogP contribution < -0.4 is 5.32 Å². The number of likely N-dealkylation sites (tertiary alicyclic amines) is 1. The van der Waals surface area contributed by atoms with Gasteiger partial charge >= 0.3 is 0 Å². The van der Waals surface area contributed by atoms with E-state index in [2.05, 4.69) is 10.2 Å². The molecule has 6 heteroatoms. The second-order valence-corrected chi connectivity index (χ2v) is 6.47. The highest BCUT2D eigenvalue weighted by Crippen LogP contribution is 2.16. The van der Waals surface area contributed by atoms with Crippen molar-refractivity contribution < 1.29 is 14.0 Å². The Labute approximate surface area is 146 Å². The summed E-state index contributed by atoms with van der Waals surface area (Å²) in [5.74, 6) is -1.33. The largest absolute Gasteiger partial charge is 0.348 e. The summed E-state index contributed by atoms with van der Waals surface area (Å²) in [5, 5.41) is 2.83. The summed E-state index contributed by atoms with van der Waals surface area (Å²) in [5.41, 5.74) is 1.02. The van der Waals surface area contributed by atoms with Crippen molar-refractivity contribution in [2.45, 2.75) is 25.4 Å². The van der Waals surface area contributed by atoms with Gasteiger partial charge in [-0.1, -0.05) is 18.2 Å². The van der Waals surface area contributed by atoms with Crippen LogP contribution in [0.2, 0.25) is 0 Å². The van der Waals surface area contributed by atoms with Gasteiger partial charge in [0.25, 0.3) is 11.7 Å². The maximum Gasteiger partial charge on any atom is 0.294 e. The minimum absolute atomic E-state index is 0.0998. The van der Waals surface area contributed by atoms with Gasteiger partial charge in [0.2, 0.25) is 0 Å². The van der Waals surface area contributed by atoms with Gasteiger partial charge in [-0.15, -0.1) is 0 Å². The van der Waals surface area contributed by atoms with E-state index in [0.29, 0.717) is 24.3 Å². The lowest BCUT2D eigenvalue weighted by molar-refractivity contribution is -0.118. The van der Waals surface area contributed by atoms with Crippen LogP contribution >= 0.6 is 0 Å². The zero-order valence-corrected chi connectivity index (χ0v) is 14.2. The fraction of sp³-hybridized carbons (Fsp3) is 0.368. The Kier molecular flexibility index (Phi) is 5.28. The quantitative estimate of drug-likeness (QED) is 0.668. The number of piperidine rings is 1. The number of nitrogens with zero attached hydrogens (tertiary/aromatic N) is 2. The lowest BCUT2D eigenvalue weighted by Crippen LogP contribution is -2.49. The van der Waals surface area contributed by atoms with Gasteiger partial charge in [0.15, 0.2) is 0 Å². The molecular formula is C19H22FN3O2. The first-order chi connectivity index (χ1) is 12.0. The molecule has 0 spiro atoms. The third-order valence-electron chi connectivity index (χ3n) is 4.58. The molecule has 1 aromatic carbocycles. The van der Waals surface area contributed by atoms with Gasteiger partial charge in [-0.2, -0.15) is 0 Å². The number of nitrogens with one attached hydrogen (secondary N) is 1. The van der Waals surface area contributed by atoms with Crippen LogP contribution in [0.25, 0.3) is 0 Å². The molecule has 1 aromatic heterocycles. The number of aromatic nitrogens is 1. The molecule has 1 saturated heterocycles. The van der Waals surface area contributed by atoms with Crippen LogP contribution in [-0.2, 0) is 18.4 Å². The summed E-state index contributed by atoms with van der Waals surface area (Å²) >= 11 is 0. The van der Waals surface area contributed by atoms with Crippen molar-refractivity contribution in [3.8, 4) is 0 Å². The van der Waals surface area contributed by atoms with Gasteiger partial charge in [0.05, 0.1) is 5.69 Å². The van der Waals surface area contributed by atoms with E-state index in [1.165, 1.54) is 6.07 Å². The van der Waals surface area contributed by atoms with Gasteiger partial charge in [0.1, 0.15) is 5.82 Å². The molecule has 3 rings (SSSR count). The van der Waals surface area contributed by atoms with E-state index >= 15 is 0 Å². The van der Waals surface area contributed by atoms with Crippen molar-refractivity contribution in [3.05, 3.63) is 59.7 Å². The molecule has 0 unspecified atom stereocenters. The van der Waals surface area contributed by atoms with Crippen molar-refractivity contribution in [1.82, 2.24) is 14.8 Å². The lowest BCUT2D eigenvalue weighted by Gasteiger charge is -2.33. The molecule has 5 nitrogen and oxygen atoms in total. The van der Waals surface area contributed by atoms with E-state index < -0.39 is 11.7 Å². The Bertz CT molecular complexity index is 772. The number of amides is 1. The maximum atomic E-state index is 13.8. The van der Waals surface area contributed by atoms with Crippen molar-refractivity contribution >= 4 is 11.7 Å².